The molecule has 2 rings (SSSR count). The van der Waals surface area contributed by atoms with Gasteiger partial charge in [-0.1, -0.05) is 12.1 Å². The fourth-order valence-corrected chi connectivity index (χ4v) is 4.26. The van der Waals surface area contributed by atoms with Crippen LogP contribution in [0, 0.1) is 0 Å². The van der Waals surface area contributed by atoms with E-state index in [1.54, 1.807) is 7.05 Å². The third-order valence-corrected chi connectivity index (χ3v) is 5.83. The minimum Gasteiger partial charge on any atom is -0.378 e. The van der Waals surface area contributed by atoms with Crippen LogP contribution in [0.15, 0.2) is 24.3 Å². The van der Waals surface area contributed by atoms with Gasteiger partial charge in [0.2, 0.25) is 0 Å². The quantitative estimate of drug-likeness (QED) is 0.815. The molecule has 1 fully saturated rings. The molecule has 7 heteroatoms. The first-order valence-electron chi connectivity index (χ1n) is 7.83. The Balaban J connectivity index is 2.07. The smallest absolute Gasteiger partial charge is 0.282 e. The molecule has 0 aromatic heterocycles. The van der Waals surface area contributed by atoms with Gasteiger partial charge in [0.25, 0.3) is 10.2 Å². The molecular formula is C16H27N3O3S. The molecule has 23 heavy (non-hydrogen) atoms. The highest BCUT2D eigenvalue weighted by molar-refractivity contribution is 7.86. The lowest BCUT2D eigenvalue weighted by atomic mass is 10.2. The van der Waals surface area contributed by atoms with Gasteiger partial charge in [-0.3, -0.25) is 0 Å². The van der Waals surface area contributed by atoms with Crippen LogP contribution in [0.5, 0.6) is 0 Å². The molecule has 2 atom stereocenters. The second kappa shape index (κ2) is 7.17. The van der Waals surface area contributed by atoms with Crippen molar-refractivity contribution in [2.24, 2.45) is 0 Å². The maximum Gasteiger partial charge on any atom is 0.282 e. The Morgan fingerprint density at radius 2 is 1.61 bits per heavy atom. The van der Waals surface area contributed by atoms with Crippen LogP contribution in [0.1, 0.15) is 19.4 Å². The van der Waals surface area contributed by atoms with E-state index in [0.29, 0.717) is 19.6 Å². The molecule has 1 aliphatic rings. The summed E-state index contributed by atoms with van der Waals surface area (Å²) in [5.74, 6) is 0. The van der Waals surface area contributed by atoms with Crippen molar-refractivity contribution in [3.8, 4) is 0 Å². The average Bonchev–Trinajstić information content (AvgIpc) is 2.46. The predicted octanol–water partition coefficient (Wildman–Crippen LogP) is 1.54. The summed E-state index contributed by atoms with van der Waals surface area (Å²) < 4.78 is 34.0. The number of benzene rings is 1. The van der Waals surface area contributed by atoms with E-state index in [9.17, 15) is 8.42 Å². The van der Waals surface area contributed by atoms with Gasteiger partial charge in [0.05, 0.1) is 12.2 Å². The summed E-state index contributed by atoms with van der Waals surface area (Å²) in [4.78, 5) is 2.01. The standard InChI is InChI=1S/C16H27N3O3S/c1-13-10-19(11-14(2)22-13)23(20,21)18(5)12-15-6-8-16(9-7-15)17(3)4/h6-9,13-14H,10-12H2,1-5H3. The Kier molecular flexibility index (Phi) is 5.67. The van der Waals surface area contributed by atoms with Gasteiger partial charge in [0.1, 0.15) is 0 Å². The number of rotatable bonds is 5. The number of anilines is 1. The number of nitrogens with zero attached hydrogens (tertiary/aromatic N) is 3. The first-order valence-corrected chi connectivity index (χ1v) is 9.23. The van der Waals surface area contributed by atoms with E-state index >= 15 is 0 Å². The predicted molar refractivity (Wildman–Crippen MR) is 92.7 cm³/mol. The summed E-state index contributed by atoms with van der Waals surface area (Å²) in [5, 5.41) is 0. The molecule has 0 N–H and O–H groups in total. The number of morpholine rings is 1. The van der Waals surface area contributed by atoms with Gasteiger partial charge in [-0.15, -0.1) is 0 Å². The monoisotopic (exact) mass is 341 g/mol. The minimum absolute atomic E-state index is 0.0821. The van der Waals surface area contributed by atoms with E-state index < -0.39 is 10.2 Å². The maximum atomic E-state index is 12.7. The lowest BCUT2D eigenvalue weighted by Gasteiger charge is -2.36. The van der Waals surface area contributed by atoms with Gasteiger partial charge < -0.3 is 9.64 Å². The van der Waals surface area contributed by atoms with Crippen molar-refractivity contribution in [2.75, 3.05) is 39.1 Å². The SMILES string of the molecule is CC1CN(S(=O)(=O)N(C)Cc2ccc(N(C)C)cc2)CC(C)O1. The van der Waals surface area contributed by atoms with Crippen molar-refractivity contribution in [3.05, 3.63) is 29.8 Å². The van der Waals surface area contributed by atoms with E-state index in [-0.39, 0.29) is 12.2 Å². The first kappa shape index (κ1) is 18.2. The molecule has 0 aliphatic carbocycles. The average molecular weight is 341 g/mol. The van der Waals surface area contributed by atoms with E-state index in [2.05, 4.69) is 0 Å². The Hall–Kier alpha value is -1.15. The lowest BCUT2D eigenvalue weighted by molar-refractivity contribution is -0.0453. The summed E-state index contributed by atoms with van der Waals surface area (Å²) in [6.07, 6.45) is -0.164. The number of hydrogen-bond donors (Lipinski definition) is 0. The molecule has 0 radical (unpaired) electrons. The largest absolute Gasteiger partial charge is 0.378 e. The molecule has 130 valence electrons. The highest BCUT2D eigenvalue weighted by Gasteiger charge is 2.33. The summed E-state index contributed by atoms with van der Waals surface area (Å²) in [5.41, 5.74) is 2.06. The third kappa shape index (κ3) is 4.44. The van der Waals surface area contributed by atoms with Gasteiger partial charge in [-0.2, -0.15) is 17.0 Å². The fourth-order valence-electron chi connectivity index (χ4n) is 2.75. The van der Waals surface area contributed by atoms with Gasteiger partial charge in [0.15, 0.2) is 0 Å². The molecule has 0 amide bonds. The zero-order valence-corrected chi connectivity index (χ0v) is 15.4. The van der Waals surface area contributed by atoms with Crippen LogP contribution in [0.2, 0.25) is 0 Å². The second-order valence-corrected chi connectivity index (χ2v) is 8.43. The molecule has 1 aromatic rings. The van der Waals surface area contributed by atoms with Crippen LogP contribution in [0.25, 0.3) is 0 Å². The molecule has 6 nitrogen and oxygen atoms in total. The van der Waals surface area contributed by atoms with Crippen LogP contribution in [-0.4, -0.2) is 63.5 Å². The summed E-state index contributed by atoms with van der Waals surface area (Å²) >= 11 is 0. The zero-order valence-electron chi connectivity index (χ0n) is 14.6. The summed E-state index contributed by atoms with van der Waals surface area (Å²) in [6, 6.07) is 7.92. The van der Waals surface area contributed by atoms with Crippen LogP contribution in [0.4, 0.5) is 5.69 Å². The van der Waals surface area contributed by atoms with Crippen molar-refractivity contribution in [2.45, 2.75) is 32.6 Å². The fraction of sp³-hybridized carbons (Fsp3) is 0.625. The van der Waals surface area contributed by atoms with E-state index in [0.717, 1.165) is 11.3 Å². The number of hydrogen-bond acceptors (Lipinski definition) is 4. The Labute approximate surface area is 139 Å². The zero-order chi connectivity index (χ0) is 17.2. The summed E-state index contributed by atoms with van der Waals surface area (Å²) in [6.45, 7) is 4.96. The molecule has 1 aromatic carbocycles. The highest BCUT2D eigenvalue weighted by Crippen LogP contribution is 2.19. The first-order chi connectivity index (χ1) is 10.7. The van der Waals surface area contributed by atoms with Gasteiger partial charge in [-0.05, 0) is 31.5 Å². The van der Waals surface area contributed by atoms with Gasteiger partial charge in [0, 0.05) is 46.5 Å². The minimum atomic E-state index is -3.48. The normalized spacial score (nSPS) is 23.2. The van der Waals surface area contributed by atoms with Crippen molar-refractivity contribution < 1.29 is 13.2 Å². The van der Waals surface area contributed by atoms with Crippen LogP contribution in [-0.2, 0) is 21.5 Å². The van der Waals surface area contributed by atoms with Crippen LogP contribution >= 0.6 is 0 Å². The van der Waals surface area contributed by atoms with Crippen molar-refractivity contribution >= 4 is 15.9 Å². The second-order valence-electron chi connectivity index (χ2n) is 6.40. The maximum absolute atomic E-state index is 12.7. The Morgan fingerprint density at radius 1 is 1.09 bits per heavy atom. The molecule has 1 aliphatic heterocycles. The number of ether oxygens (including phenoxy) is 1. The Morgan fingerprint density at radius 3 is 2.09 bits per heavy atom. The van der Waals surface area contributed by atoms with E-state index in [1.807, 2.05) is 57.1 Å². The van der Waals surface area contributed by atoms with Crippen molar-refractivity contribution in [3.63, 3.8) is 0 Å². The highest BCUT2D eigenvalue weighted by atomic mass is 32.2. The van der Waals surface area contributed by atoms with Crippen molar-refractivity contribution in [1.82, 2.24) is 8.61 Å². The van der Waals surface area contributed by atoms with E-state index in [4.69, 9.17) is 4.74 Å². The molecular weight excluding hydrogens is 314 g/mol. The topological polar surface area (TPSA) is 53.1 Å². The van der Waals surface area contributed by atoms with Crippen molar-refractivity contribution in [1.29, 1.82) is 0 Å². The van der Waals surface area contributed by atoms with Gasteiger partial charge in [-0.25, -0.2) is 0 Å². The molecule has 1 heterocycles. The molecule has 2 unspecified atom stereocenters. The lowest BCUT2D eigenvalue weighted by Crippen LogP contribution is -2.52. The molecule has 0 bridgehead atoms. The van der Waals surface area contributed by atoms with E-state index in [1.165, 1.54) is 8.61 Å². The molecule has 1 saturated heterocycles. The van der Waals surface area contributed by atoms with Crippen LogP contribution < -0.4 is 4.90 Å². The third-order valence-electron chi connectivity index (χ3n) is 3.96. The Bertz CT molecular complexity index is 606. The molecule has 0 spiro atoms. The van der Waals surface area contributed by atoms with Crippen LogP contribution in [0.3, 0.4) is 0 Å². The van der Waals surface area contributed by atoms with Gasteiger partial charge >= 0.3 is 0 Å². The summed E-state index contributed by atoms with van der Waals surface area (Å²) in [7, 11) is 2.11. The molecule has 0 saturated carbocycles.